The molecule has 1 saturated heterocycles. The molecule has 106 valence electrons. The van der Waals surface area contributed by atoms with Crippen LogP contribution >= 0.6 is 11.6 Å². The van der Waals surface area contributed by atoms with E-state index in [2.05, 4.69) is 47.7 Å². The van der Waals surface area contributed by atoms with Crippen molar-refractivity contribution in [3.05, 3.63) is 23.4 Å². The Bertz CT molecular complexity index is 432. The first-order valence-electron chi connectivity index (χ1n) is 6.94. The molecule has 0 atom stereocenters. The van der Waals surface area contributed by atoms with Gasteiger partial charge in [0.1, 0.15) is 5.82 Å². The number of nitrogens with zero attached hydrogens (tertiary/aromatic N) is 3. The zero-order valence-electron chi connectivity index (χ0n) is 12.4. The lowest BCUT2D eigenvalue weighted by Crippen LogP contribution is -2.53. The first kappa shape index (κ1) is 14.6. The molecule has 19 heavy (non-hydrogen) atoms. The largest absolute Gasteiger partial charge is 0.354 e. The SMILES string of the molecule is Cc1nc(N2CCN(C(C)(C)C)CC2)ccc1CCl. The molecular formula is C15H24ClN3. The number of piperazine rings is 1. The van der Waals surface area contributed by atoms with Crippen LogP contribution in [-0.4, -0.2) is 41.6 Å². The molecule has 1 aliphatic rings. The number of alkyl halides is 1. The van der Waals surface area contributed by atoms with Crippen molar-refractivity contribution in [1.82, 2.24) is 9.88 Å². The van der Waals surface area contributed by atoms with Crippen molar-refractivity contribution in [2.75, 3.05) is 31.1 Å². The van der Waals surface area contributed by atoms with E-state index in [0.29, 0.717) is 5.88 Å². The van der Waals surface area contributed by atoms with E-state index in [1.807, 2.05) is 6.92 Å². The van der Waals surface area contributed by atoms with Gasteiger partial charge in [-0.25, -0.2) is 4.98 Å². The van der Waals surface area contributed by atoms with Gasteiger partial charge in [0.2, 0.25) is 0 Å². The maximum absolute atomic E-state index is 5.88. The summed E-state index contributed by atoms with van der Waals surface area (Å²) in [7, 11) is 0. The fourth-order valence-corrected chi connectivity index (χ4v) is 2.78. The second kappa shape index (κ2) is 5.68. The van der Waals surface area contributed by atoms with Crippen molar-refractivity contribution in [2.45, 2.75) is 39.1 Å². The summed E-state index contributed by atoms with van der Waals surface area (Å²) in [5.41, 5.74) is 2.43. The van der Waals surface area contributed by atoms with Crippen LogP contribution in [0.2, 0.25) is 0 Å². The molecule has 1 aromatic rings. The van der Waals surface area contributed by atoms with Gasteiger partial charge in [-0.1, -0.05) is 6.07 Å². The Morgan fingerprint density at radius 1 is 1.16 bits per heavy atom. The number of pyridine rings is 1. The summed E-state index contributed by atoms with van der Waals surface area (Å²) >= 11 is 5.88. The van der Waals surface area contributed by atoms with Crippen molar-refractivity contribution in [1.29, 1.82) is 0 Å². The number of hydrogen-bond acceptors (Lipinski definition) is 3. The molecule has 0 aliphatic carbocycles. The van der Waals surface area contributed by atoms with E-state index in [1.54, 1.807) is 0 Å². The molecule has 0 aromatic carbocycles. The first-order valence-corrected chi connectivity index (χ1v) is 7.48. The Labute approximate surface area is 121 Å². The zero-order valence-corrected chi connectivity index (χ0v) is 13.2. The Balaban J connectivity index is 2.04. The van der Waals surface area contributed by atoms with Crippen LogP contribution in [0, 0.1) is 6.92 Å². The highest BCUT2D eigenvalue weighted by molar-refractivity contribution is 6.17. The number of halogens is 1. The third kappa shape index (κ3) is 3.40. The van der Waals surface area contributed by atoms with Gasteiger partial charge in [0.05, 0.1) is 0 Å². The predicted molar refractivity (Wildman–Crippen MR) is 82.1 cm³/mol. The lowest BCUT2D eigenvalue weighted by molar-refractivity contribution is 0.128. The average molecular weight is 282 g/mol. The third-order valence-electron chi connectivity index (χ3n) is 3.88. The van der Waals surface area contributed by atoms with Crippen molar-refractivity contribution < 1.29 is 0 Å². The molecule has 0 unspecified atom stereocenters. The van der Waals surface area contributed by atoms with Crippen LogP contribution < -0.4 is 4.90 Å². The fraction of sp³-hybridized carbons (Fsp3) is 0.667. The van der Waals surface area contributed by atoms with Crippen molar-refractivity contribution >= 4 is 17.4 Å². The van der Waals surface area contributed by atoms with Gasteiger partial charge in [0, 0.05) is 43.3 Å². The monoisotopic (exact) mass is 281 g/mol. The van der Waals surface area contributed by atoms with Crippen molar-refractivity contribution in [3.8, 4) is 0 Å². The molecule has 0 N–H and O–H groups in total. The van der Waals surface area contributed by atoms with Gasteiger partial charge in [-0.05, 0) is 39.3 Å². The van der Waals surface area contributed by atoms with Crippen molar-refractivity contribution in [3.63, 3.8) is 0 Å². The molecule has 2 rings (SSSR count). The van der Waals surface area contributed by atoms with Crippen LogP contribution in [0.3, 0.4) is 0 Å². The van der Waals surface area contributed by atoms with Crippen molar-refractivity contribution in [2.24, 2.45) is 0 Å². The molecule has 1 fully saturated rings. The minimum absolute atomic E-state index is 0.262. The second-order valence-corrected chi connectivity index (χ2v) is 6.46. The Kier molecular flexibility index (Phi) is 4.36. The quantitative estimate of drug-likeness (QED) is 0.777. The van der Waals surface area contributed by atoms with E-state index < -0.39 is 0 Å². The van der Waals surface area contributed by atoms with Gasteiger partial charge < -0.3 is 4.90 Å². The molecule has 3 nitrogen and oxygen atoms in total. The summed E-state index contributed by atoms with van der Waals surface area (Å²) in [6, 6.07) is 4.19. The summed E-state index contributed by atoms with van der Waals surface area (Å²) < 4.78 is 0. The van der Waals surface area contributed by atoms with Crippen LogP contribution in [0.15, 0.2) is 12.1 Å². The molecule has 1 aromatic heterocycles. The highest BCUT2D eigenvalue weighted by atomic mass is 35.5. The van der Waals surface area contributed by atoms with Crippen LogP contribution in [0.25, 0.3) is 0 Å². The smallest absolute Gasteiger partial charge is 0.128 e. The number of hydrogen-bond donors (Lipinski definition) is 0. The summed E-state index contributed by atoms with van der Waals surface area (Å²) in [6.07, 6.45) is 0. The Morgan fingerprint density at radius 2 is 1.79 bits per heavy atom. The molecule has 0 spiro atoms. The average Bonchev–Trinajstić information content (AvgIpc) is 2.38. The van der Waals surface area contributed by atoms with Gasteiger partial charge in [0.15, 0.2) is 0 Å². The summed E-state index contributed by atoms with van der Waals surface area (Å²) in [6.45, 7) is 13.2. The summed E-state index contributed by atoms with van der Waals surface area (Å²) in [5.74, 6) is 1.62. The van der Waals surface area contributed by atoms with Gasteiger partial charge in [-0.3, -0.25) is 4.90 Å². The Hall–Kier alpha value is -0.800. The molecule has 0 radical (unpaired) electrons. The van der Waals surface area contributed by atoms with E-state index in [4.69, 9.17) is 11.6 Å². The minimum Gasteiger partial charge on any atom is -0.354 e. The zero-order chi connectivity index (χ0) is 14.0. The Morgan fingerprint density at radius 3 is 2.26 bits per heavy atom. The molecule has 0 saturated carbocycles. The van der Waals surface area contributed by atoms with Gasteiger partial charge in [-0.2, -0.15) is 0 Å². The molecular weight excluding hydrogens is 258 g/mol. The number of rotatable bonds is 2. The van der Waals surface area contributed by atoms with E-state index in [9.17, 15) is 0 Å². The van der Waals surface area contributed by atoms with E-state index in [1.165, 1.54) is 0 Å². The van der Waals surface area contributed by atoms with Gasteiger partial charge in [0.25, 0.3) is 0 Å². The van der Waals surface area contributed by atoms with E-state index >= 15 is 0 Å². The van der Waals surface area contributed by atoms with Crippen LogP contribution in [0.5, 0.6) is 0 Å². The molecule has 0 bridgehead atoms. The van der Waals surface area contributed by atoms with E-state index in [-0.39, 0.29) is 5.54 Å². The maximum atomic E-state index is 5.88. The minimum atomic E-state index is 0.262. The fourth-order valence-electron chi connectivity index (χ4n) is 2.50. The summed E-state index contributed by atoms with van der Waals surface area (Å²) in [5, 5.41) is 0. The number of aryl methyl sites for hydroxylation is 1. The standard InChI is InChI=1S/C15H24ClN3/c1-12-13(11-16)5-6-14(17-12)18-7-9-19(10-8-18)15(2,3)4/h5-6H,7-11H2,1-4H3. The van der Waals surface area contributed by atoms with Crippen LogP contribution in [0.4, 0.5) is 5.82 Å². The molecule has 1 aliphatic heterocycles. The number of anilines is 1. The second-order valence-electron chi connectivity index (χ2n) is 6.19. The molecule has 0 amide bonds. The highest BCUT2D eigenvalue weighted by Crippen LogP contribution is 2.21. The maximum Gasteiger partial charge on any atom is 0.128 e. The normalized spacial score (nSPS) is 17.8. The van der Waals surface area contributed by atoms with Crippen LogP contribution in [-0.2, 0) is 5.88 Å². The lowest BCUT2D eigenvalue weighted by Gasteiger charge is -2.42. The van der Waals surface area contributed by atoms with E-state index in [0.717, 1.165) is 43.3 Å². The first-order chi connectivity index (χ1) is 8.91. The number of aromatic nitrogens is 1. The molecule has 2 heterocycles. The third-order valence-corrected chi connectivity index (χ3v) is 4.16. The predicted octanol–water partition coefficient (Wildman–Crippen LogP) is 3.05. The summed E-state index contributed by atoms with van der Waals surface area (Å²) in [4.78, 5) is 9.58. The van der Waals surface area contributed by atoms with Gasteiger partial charge in [-0.15, -0.1) is 11.6 Å². The highest BCUT2D eigenvalue weighted by Gasteiger charge is 2.26. The molecule has 4 heteroatoms. The topological polar surface area (TPSA) is 19.4 Å². The van der Waals surface area contributed by atoms with Crippen LogP contribution in [0.1, 0.15) is 32.0 Å². The lowest BCUT2D eigenvalue weighted by atomic mass is 10.0. The van der Waals surface area contributed by atoms with Gasteiger partial charge >= 0.3 is 0 Å².